The molecule has 0 radical (unpaired) electrons. The predicted octanol–water partition coefficient (Wildman–Crippen LogP) is 9.50. The van der Waals surface area contributed by atoms with Crippen LogP contribution in [0.5, 0.6) is 0 Å². The molecule has 2 atom stereocenters. The molecule has 0 aliphatic carbocycles. The van der Waals surface area contributed by atoms with Crippen molar-refractivity contribution in [3.05, 3.63) is 90.0 Å². The van der Waals surface area contributed by atoms with E-state index in [0.29, 0.717) is 5.92 Å². The van der Waals surface area contributed by atoms with E-state index in [4.69, 9.17) is 4.98 Å². The number of benzene rings is 2. The Morgan fingerprint density at radius 1 is 0.743 bits per heavy atom. The van der Waals surface area contributed by atoms with Crippen LogP contribution in [0.2, 0.25) is 0 Å². The second-order valence-corrected chi connectivity index (χ2v) is 10.6. The maximum absolute atomic E-state index is 4.99. The second kappa shape index (κ2) is 14.9. The van der Waals surface area contributed by atoms with Crippen LogP contribution < -0.4 is 0 Å². The van der Waals surface area contributed by atoms with Gasteiger partial charge in [0.15, 0.2) is 0 Å². The second-order valence-electron chi connectivity index (χ2n) is 10.6. The number of aryl methyl sites for hydroxylation is 1. The fourth-order valence-electron chi connectivity index (χ4n) is 5.72. The van der Waals surface area contributed by atoms with Crippen molar-refractivity contribution in [3.63, 3.8) is 0 Å². The van der Waals surface area contributed by atoms with Crippen molar-refractivity contribution in [3.8, 4) is 0 Å². The molecule has 0 amide bonds. The highest BCUT2D eigenvalue weighted by Gasteiger charge is 2.39. The molecule has 1 aromatic heterocycles. The highest BCUT2D eigenvalue weighted by molar-refractivity contribution is 5.33. The van der Waals surface area contributed by atoms with Crippen LogP contribution in [0.4, 0.5) is 0 Å². The van der Waals surface area contributed by atoms with E-state index in [-0.39, 0.29) is 5.41 Å². The summed E-state index contributed by atoms with van der Waals surface area (Å²) < 4.78 is 2.42. The SMILES string of the molecule is CCCCCCCCCCCC(c1nccn1CCC)C(C)(Cc1ccccc1)c1ccccc1. The maximum Gasteiger partial charge on any atom is 0.112 e. The van der Waals surface area contributed by atoms with Gasteiger partial charge >= 0.3 is 0 Å². The third-order valence-electron chi connectivity index (χ3n) is 7.74. The number of imidazole rings is 1. The first kappa shape index (κ1) is 27.2. The van der Waals surface area contributed by atoms with Gasteiger partial charge in [-0.05, 0) is 30.4 Å². The van der Waals surface area contributed by atoms with Gasteiger partial charge in [0.05, 0.1) is 0 Å². The molecule has 2 aromatic carbocycles. The Balaban J connectivity index is 1.80. The van der Waals surface area contributed by atoms with Gasteiger partial charge in [0, 0.05) is 30.3 Å². The minimum Gasteiger partial charge on any atom is -0.335 e. The van der Waals surface area contributed by atoms with Crippen LogP contribution in [0.15, 0.2) is 73.1 Å². The van der Waals surface area contributed by atoms with E-state index >= 15 is 0 Å². The molecular weight excluding hydrogens is 424 g/mol. The summed E-state index contributed by atoms with van der Waals surface area (Å²) in [6.07, 6.45) is 19.9. The molecule has 2 unspecified atom stereocenters. The molecule has 0 aliphatic rings. The van der Waals surface area contributed by atoms with Crippen molar-refractivity contribution in [2.24, 2.45) is 0 Å². The van der Waals surface area contributed by atoms with E-state index < -0.39 is 0 Å². The molecule has 0 fully saturated rings. The number of aromatic nitrogens is 2. The molecule has 2 nitrogen and oxygen atoms in total. The van der Waals surface area contributed by atoms with Gasteiger partial charge in [0.25, 0.3) is 0 Å². The maximum atomic E-state index is 4.99. The number of rotatable bonds is 17. The van der Waals surface area contributed by atoms with Gasteiger partial charge in [-0.15, -0.1) is 0 Å². The summed E-state index contributed by atoms with van der Waals surface area (Å²) in [5.74, 6) is 1.66. The molecule has 2 heteroatoms. The lowest BCUT2D eigenvalue weighted by molar-refractivity contribution is 0.322. The van der Waals surface area contributed by atoms with E-state index in [1.54, 1.807) is 0 Å². The largest absolute Gasteiger partial charge is 0.335 e. The topological polar surface area (TPSA) is 17.8 Å². The van der Waals surface area contributed by atoms with E-state index in [1.807, 2.05) is 6.20 Å². The third kappa shape index (κ3) is 8.09. The first-order chi connectivity index (χ1) is 17.2. The lowest BCUT2D eigenvalue weighted by Gasteiger charge is -2.39. The van der Waals surface area contributed by atoms with Crippen molar-refractivity contribution in [1.82, 2.24) is 9.55 Å². The van der Waals surface area contributed by atoms with Gasteiger partial charge in [-0.2, -0.15) is 0 Å². The molecule has 190 valence electrons. The van der Waals surface area contributed by atoms with Crippen LogP contribution in [0.3, 0.4) is 0 Å². The predicted molar refractivity (Wildman–Crippen MR) is 151 cm³/mol. The quantitative estimate of drug-likeness (QED) is 0.179. The zero-order valence-electron chi connectivity index (χ0n) is 22.6. The smallest absolute Gasteiger partial charge is 0.112 e. The first-order valence-electron chi connectivity index (χ1n) is 14.3. The Morgan fingerprint density at radius 2 is 1.34 bits per heavy atom. The molecule has 1 heterocycles. The molecule has 0 saturated heterocycles. The molecule has 0 N–H and O–H groups in total. The fraction of sp³-hybridized carbons (Fsp3) is 0.545. The average molecular weight is 473 g/mol. The highest BCUT2D eigenvalue weighted by Crippen LogP contribution is 2.44. The molecule has 0 bridgehead atoms. The van der Waals surface area contributed by atoms with Crippen molar-refractivity contribution < 1.29 is 0 Å². The van der Waals surface area contributed by atoms with E-state index in [1.165, 1.54) is 81.2 Å². The lowest BCUT2D eigenvalue weighted by Crippen LogP contribution is -2.35. The van der Waals surface area contributed by atoms with Gasteiger partial charge < -0.3 is 4.57 Å². The van der Waals surface area contributed by atoms with Crippen molar-refractivity contribution in [2.75, 3.05) is 0 Å². The summed E-state index contributed by atoms with van der Waals surface area (Å²) in [6, 6.07) is 22.3. The van der Waals surface area contributed by atoms with E-state index in [0.717, 1.165) is 19.4 Å². The molecule has 0 spiro atoms. The van der Waals surface area contributed by atoms with E-state index in [2.05, 4.69) is 92.2 Å². The fourth-order valence-corrected chi connectivity index (χ4v) is 5.72. The Hall–Kier alpha value is -2.35. The zero-order valence-corrected chi connectivity index (χ0v) is 22.6. The van der Waals surface area contributed by atoms with Crippen LogP contribution in [0.1, 0.15) is 114 Å². The molecule has 0 aliphatic heterocycles. The molecule has 35 heavy (non-hydrogen) atoms. The van der Waals surface area contributed by atoms with Crippen LogP contribution in [-0.2, 0) is 18.4 Å². The summed E-state index contributed by atoms with van der Waals surface area (Å²) in [6.45, 7) is 8.08. The van der Waals surface area contributed by atoms with Crippen LogP contribution >= 0.6 is 0 Å². The standard InChI is InChI=1S/C33H48N2/c1-4-6-7-8-9-10-11-12-19-24-31(32-34-25-27-35(32)26-5-2)33(3,30-22-17-14-18-23-30)28-29-20-15-13-16-21-29/h13-18,20-23,25,27,31H,4-12,19,24,26,28H2,1-3H3. The molecule has 3 rings (SSSR count). The first-order valence-corrected chi connectivity index (χ1v) is 14.3. The number of unbranched alkanes of at least 4 members (excludes halogenated alkanes) is 8. The monoisotopic (exact) mass is 472 g/mol. The normalized spacial score (nSPS) is 14.0. The van der Waals surface area contributed by atoms with Crippen molar-refractivity contribution in [2.45, 2.75) is 116 Å². The molecular formula is C33H48N2. The number of nitrogens with zero attached hydrogens (tertiary/aromatic N) is 2. The van der Waals surface area contributed by atoms with Gasteiger partial charge in [0.1, 0.15) is 5.82 Å². The Morgan fingerprint density at radius 3 is 1.97 bits per heavy atom. The minimum absolute atomic E-state index is 0.0143. The van der Waals surface area contributed by atoms with E-state index in [9.17, 15) is 0 Å². The number of hydrogen-bond donors (Lipinski definition) is 0. The summed E-state index contributed by atoms with van der Waals surface area (Å²) in [5, 5.41) is 0. The Labute approximate surface area is 215 Å². The number of hydrogen-bond acceptors (Lipinski definition) is 1. The zero-order chi connectivity index (χ0) is 24.8. The minimum atomic E-state index is -0.0143. The van der Waals surface area contributed by atoms with Gasteiger partial charge in [-0.25, -0.2) is 4.98 Å². The van der Waals surface area contributed by atoms with Gasteiger partial charge in [-0.1, -0.05) is 139 Å². The lowest BCUT2D eigenvalue weighted by atomic mass is 9.66. The van der Waals surface area contributed by atoms with Crippen molar-refractivity contribution in [1.29, 1.82) is 0 Å². The van der Waals surface area contributed by atoms with Crippen LogP contribution in [-0.4, -0.2) is 9.55 Å². The average Bonchev–Trinajstić information content (AvgIpc) is 3.34. The summed E-state index contributed by atoms with van der Waals surface area (Å²) >= 11 is 0. The summed E-state index contributed by atoms with van der Waals surface area (Å²) in [7, 11) is 0. The Kier molecular flexibility index (Phi) is 11.6. The summed E-state index contributed by atoms with van der Waals surface area (Å²) in [4.78, 5) is 4.99. The third-order valence-corrected chi connectivity index (χ3v) is 7.74. The van der Waals surface area contributed by atoms with Crippen molar-refractivity contribution >= 4 is 0 Å². The molecule has 3 aromatic rings. The molecule has 0 saturated carbocycles. The highest BCUT2D eigenvalue weighted by atomic mass is 15.1. The van der Waals surface area contributed by atoms with Crippen LogP contribution in [0, 0.1) is 0 Å². The van der Waals surface area contributed by atoms with Crippen LogP contribution in [0.25, 0.3) is 0 Å². The Bertz CT molecular complexity index is 930. The van der Waals surface area contributed by atoms with Gasteiger partial charge in [0.2, 0.25) is 0 Å². The summed E-state index contributed by atoms with van der Waals surface area (Å²) in [5.41, 5.74) is 2.82. The van der Waals surface area contributed by atoms with Gasteiger partial charge in [-0.3, -0.25) is 0 Å².